The van der Waals surface area contributed by atoms with E-state index in [2.05, 4.69) is 51.4 Å². The van der Waals surface area contributed by atoms with Crippen molar-refractivity contribution in [3.8, 4) is 0 Å². The summed E-state index contributed by atoms with van der Waals surface area (Å²) in [5, 5.41) is 3.44. The summed E-state index contributed by atoms with van der Waals surface area (Å²) in [5.41, 5.74) is 2.53. The van der Waals surface area contributed by atoms with E-state index in [0.717, 1.165) is 25.4 Å². The minimum Gasteiger partial charge on any atom is -0.351 e. The number of anilines is 3. The normalized spacial score (nSPS) is 21.9. The van der Waals surface area contributed by atoms with Gasteiger partial charge in [0.05, 0.1) is 0 Å². The van der Waals surface area contributed by atoms with Crippen LogP contribution in [0.5, 0.6) is 0 Å². The van der Waals surface area contributed by atoms with Crippen molar-refractivity contribution < 1.29 is 0 Å². The van der Waals surface area contributed by atoms with Crippen molar-refractivity contribution in [3.05, 3.63) is 0 Å². The number of aromatic nitrogens is 3. The zero-order chi connectivity index (χ0) is 15.2. The molecule has 1 aliphatic rings. The third kappa shape index (κ3) is 4.17. The van der Waals surface area contributed by atoms with E-state index in [9.17, 15) is 0 Å². The quantitative estimate of drug-likeness (QED) is 0.545. The summed E-state index contributed by atoms with van der Waals surface area (Å²) in [6.45, 7) is 8.17. The Morgan fingerprint density at radius 3 is 2.48 bits per heavy atom. The number of nitrogens with zero attached hydrogens (tertiary/aromatic N) is 4. The number of hydrogen-bond donors (Lipinski definition) is 3. The number of hydrogen-bond acceptors (Lipinski definition) is 7. The van der Waals surface area contributed by atoms with Crippen LogP contribution in [0.2, 0.25) is 0 Å². The Morgan fingerprint density at radius 1 is 1.14 bits per heavy atom. The van der Waals surface area contributed by atoms with Gasteiger partial charge in [0.2, 0.25) is 17.8 Å². The first-order valence-corrected chi connectivity index (χ1v) is 7.90. The van der Waals surface area contributed by atoms with Crippen LogP contribution in [-0.2, 0) is 0 Å². The van der Waals surface area contributed by atoms with E-state index in [1.165, 1.54) is 19.3 Å². The SMILES string of the molecule is CCN(CC)c1nc(NN)nc(NC2CCCC(C)C2)n1. The van der Waals surface area contributed by atoms with Gasteiger partial charge in [-0.3, -0.25) is 5.43 Å². The molecule has 2 atom stereocenters. The lowest BCUT2D eigenvalue weighted by molar-refractivity contribution is 0.357. The van der Waals surface area contributed by atoms with Crippen molar-refractivity contribution in [3.63, 3.8) is 0 Å². The van der Waals surface area contributed by atoms with E-state index < -0.39 is 0 Å². The molecule has 7 heteroatoms. The van der Waals surface area contributed by atoms with Crippen molar-refractivity contribution in [1.29, 1.82) is 0 Å². The molecular formula is C14H27N7. The standard InChI is InChI=1S/C14H27N7/c1-4-21(5-2)14-18-12(17-13(19-14)20-15)16-11-8-6-7-10(3)9-11/h10-11H,4-9,15H2,1-3H3,(H2,16,17,18,19,20). The number of nitrogen functional groups attached to an aromatic ring is 1. The van der Waals surface area contributed by atoms with Gasteiger partial charge in [-0.15, -0.1) is 0 Å². The molecule has 0 aromatic carbocycles. The molecule has 1 aromatic rings. The van der Waals surface area contributed by atoms with Crippen LogP contribution in [0.25, 0.3) is 0 Å². The molecule has 118 valence electrons. The highest BCUT2D eigenvalue weighted by atomic mass is 15.4. The Bertz CT molecular complexity index is 447. The molecule has 0 radical (unpaired) electrons. The van der Waals surface area contributed by atoms with Crippen LogP contribution in [0.1, 0.15) is 46.5 Å². The predicted molar refractivity (Wildman–Crippen MR) is 86.2 cm³/mol. The first-order chi connectivity index (χ1) is 10.2. The number of hydrazine groups is 1. The van der Waals surface area contributed by atoms with Crippen LogP contribution in [0.4, 0.5) is 17.8 Å². The molecule has 1 aliphatic carbocycles. The lowest BCUT2D eigenvalue weighted by Crippen LogP contribution is -2.29. The summed E-state index contributed by atoms with van der Waals surface area (Å²) in [6.07, 6.45) is 4.91. The van der Waals surface area contributed by atoms with Gasteiger partial charge in [-0.2, -0.15) is 15.0 Å². The molecule has 7 nitrogen and oxygen atoms in total. The minimum absolute atomic E-state index is 0.401. The van der Waals surface area contributed by atoms with Crippen molar-refractivity contribution in [2.75, 3.05) is 28.7 Å². The molecule has 2 rings (SSSR count). The second kappa shape index (κ2) is 7.40. The van der Waals surface area contributed by atoms with Gasteiger partial charge in [0.15, 0.2) is 0 Å². The van der Waals surface area contributed by atoms with Crippen LogP contribution in [0, 0.1) is 5.92 Å². The lowest BCUT2D eigenvalue weighted by Gasteiger charge is -2.28. The fourth-order valence-electron chi connectivity index (χ4n) is 2.89. The second-order valence-corrected chi connectivity index (χ2v) is 5.71. The van der Waals surface area contributed by atoms with Crippen LogP contribution in [0.3, 0.4) is 0 Å². The largest absolute Gasteiger partial charge is 0.351 e. The molecule has 0 amide bonds. The summed E-state index contributed by atoms with van der Waals surface area (Å²) in [5.74, 6) is 7.91. The second-order valence-electron chi connectivity index (χ2n) is 5.71. The number of rotatable bonds is 6. The molecule has 0 bridgehead atoms. The fraction of sp³-hybridized carbons (Fsp3) is 0.786. The summed E-state index contributed by atoms with van der Waals surface area (Å²) < 4.78 is 0. The van der Waals surface area contributed by atoms with Gasteiger partial charge in [0, 0.05) is 19.1 Å². The van der Waals surface area contributed by atoms with Crippen molar-refractivity contribution in [1.82, 2.24) is 15.0 Å². The first kappa shape index (κ1) is 15.8. The van der Waals surface area contributed by atoms with E-state index in [1.54, 1.807) is 0 Å². The molecule has 0 saturated heterocycles. The topological polar surface area (TPSA) is 92.0 Å². The highest BCUT2D eigenvalue weighted by Crippen LogP contribution is 2.25. The molecule has 0 aliphatic heterocycles. The summed E-state index contributed by atoms with van der Waals surface area (Å²) >= 11 is 0. The average molecular weight is 293 g/mol. The molecule has 1 fully saturated rings. The van der Waals surface area contributed by atoms with E-state index in [4.69, 9.17) is 5.84 Å². The van der Waals surface area contributed by atoms with E-state index in [-0.39, 0.29) is 0 Å². The number of nitrogens with one attached hydrogen (secondary N) is 2. The molecule has 1 aromatic heterocycles. The van der Waals surface area contributed by atoms with Crippen LogP contribution in [-0.4, -0.2) is 34.1 Å². The minimum atomic E-state index is 0.401. The van der Waals surface area contributed by atoms with Gasteiger partial charge in [-0.25, -0.2) is 5.84 Å². The van der Waals surface area contributed by atoms with Gasteiger partial charge >= 0.3 is 0 Å². The maximum Gasteiger partial charge on any atom is 0.243 e. The highest BCUT2D eigenvalue weighted by Gasteiger charge is 2.20. The van der Waals surface area contributed by atoms with Crippen LogP contribution in [0.15, 0.2) is 0 Å². The van der Waals surface area contributed by atoms with Gasteiger partial charge in [-0.1, -0.05) is 19.8 Å². The van der Waals surface area contributed by atoms with E-state index in [1.807, 2.05) is 0 Å². The van der Waals surface area contributed by atoms with Gasteiger partial charge in [0.25, 0.3) is 0 Å². The van der Waals surface area contributed by atoms with E-state index >= 15 is 0 Å². The maximum atomic E-state index is 5.48. The zero-order valence-electron chi connectivity index (χ0n) is 13.3. The third-order valence-electron chi connectivity index (χ3n) is 4.07. The molecule has 1 heterocycles. The Hall–Kier alpha value is -1.63. The van der Waals surface area contributed by atoms with E-state index in [0.29, 0.717) is 23.9 Å². The van der Waals surface area contributed by atoms with Gasteiger partial charge < -0.3 is 10.2 Å². The number of nitrogens with two attached hydrogens (primary N) is 1. The Balaban J connectivity index is 2.16. The summed E-state index contributed by atoms with van der Waals surface area (Å²) in [7, 11) is 0. The van der Waals surface area contributed by atoms with Crippen LogP contribution < -0.4 is 21.5 Å². The molecule has 2 unspecified atom stereocenters. The monoisotopic (exact) mass is 293 g/mol. The first-order valence-electron chi connectivity index (χ1n) is 7.90. The fourth-order valence-corrected chi connectivity index (χ4v) is 2.89. The smallest absolute Gasteiger partial charge is 0.243 e. The predicted octanol–water partition coefficient (Wildman–Crippen LogP) is 1.99. The summed E-state index contributed by atoms with van der Waals surface area (Å²) in [6, 6.07) is 0.436. The van der Waals surface area contributed by atoms with Crippen molar-refractivity contribution in [2.45, 2.75) is 52.5 Å². The Kier molecular flexibility index (Phi) is 5.55. The maximum absolute atomic E-state index is 5.48. The summed E-state index contributed by atoms with van der Waals surface area (Å²) in [4.78, 5) is 15.3. The lowest BCUT2D eigenvalue weighted by atomic mass is 9.87. The third-order valence-corrected chi connectivity index (χ3v) is 4.07. The molecule has 0 spiro atoms. The molecule has 4 N–H and O–H groups in total. The Labute approximate surface area is 126 Å². The molecule has 1 saturated carbocycles. The highest BCUT2D eigenvalue weighted by molar-refractivity contribution is 5.43. The average Bonchev–Trinajstić information content (AvgIpc) is 2.48. The zero-order valence-corrected chi connectivity index (χ0v) is 13.3. The Morgan fingerprint density at radius 2 is 1.86 bits per heavy atom. The van der Waals surface area contributed by atoms with Gasteiger partial charge in [-0.05, 0) is 32.6 Å². The van der Waals surface area contributed by atoms with Crippen molar-refractivity contribution >= 4 is 17.8 Å². The molecule has 21 heavy (non-hydrogen) atoms. The van der Waals surface area contributed by atoms with Crippen molar-refractivity contribution in [2.24, 2.45) is 11.8 Å². The van der Waals surface area contributed by atoms with Gasteiger partial charge in [0.1, 0.15) is 0 Å². The molecular weight excluding hydrogens is 266 g/mol. The van der Waals surface area contributed by atoms with Crippen LogP contribution >= 0.6 is 0 Å².